The Kier molecular flexibility index (Phi) is 4.36. The smallest absolute Gasteiger partial charge is 0.255 e. The van der Waals surface area contributed by atoms with E-state index in [1.807, 2.05) is 23.1 Å². The third-order valence-corrected chi connectivity index (χ3v) is 4.76. The van der Waals surface area contributed by atoms with Crippen molar-refractivity contribution >= 4 is 34.5 Å². The number of amides is 1. The SMILES string of the molecule is O=C(c1ccc(Br)cc1S)N1CCc2ccccc2CC1. The molecule has 2 nitrogen and oxygen atoms in total. The van der Waals surface area contributed by atoms with E-state index in [4.69, 9.17) is 0 Å². The second kappa shape index (κ2) is 6.24. The summed E-state index contributed by atoms with van der Waals surface area (Å²) in [5, 5.41) is 0. The van der Waals surface area contributed by atoms with Gasteiger partial charge in [-0.3, -0.25) is 4.79 Å². The van der Waals surface area contributed by atoms with E-state index in [-0.39, 0.29) is 5.91 Å². The van der Waals surface area contributed by atoms with E-state index in [1.165, 1.54) is 11.1 Å². The quantitative estimate of drug-likeness (QED) is 0.761. The molecule has 2 aromatic carbocycles. The number of hydrogen-bond acceptors (Lipinski definition) is 2. The molecular weight excluding hydrogens is 346 g/mol. The van der Waals surface area contributed by atoms with Gasteiger partial charge in [-0.2, -0.15) is 0 Å². The Labute approximate surface area is 138 Å². The molecule has 108 valence electrons. The largest absolute Gasteiger partial charge is 0.338 e. The van der Waals surface area contributed by atoms with Gasteiger partial charge in [-0.15, -0.1) is 12.6 Å². The molecule has 0 saturated carbocycles. The van der Waals surface area contributed by atoms with Crippen molar-refractivity contribution < 1.29 is 4.79 Å². The molecule has 4 heteroatoms. The standard InChI is InChI=1S/C17H16BrNOS/c18-14-5-6-15(16(21)11-14)17(20)19-9-7-12-3-1-2-4-13(12)8-10-19/h1-6,11,21H,7-10H2. The molecule has 1 amide bonds. The number of thiol groups is 1. The zero-order valence-electron chi connectivity index (χ0n) is 11.6. The minimum absolute atomic E-state index is 0.0697. The van der Waals surface area contributed by atoms with E-state index in [0.29, 0.717) is 5.56 Å². The van der Waals surface area contributed by atoms with Crippen molar-refractivity contribution in [1.29, 1.82) is 0 Å². The Hall–Kier alpha value is -1.26. The lowest BCUT2D eigenvalue weighted by Gasteiger charge is -2.21. The maximum atomic E-state index is 12.7. The van der Waals surface area contributed by atoms with Gasteiger partial charge in [0.1, 0.15) is 0 Å². The fourth-order valence-corrected chi connectivity index (χ4v) is 3.57. The molecule has 2 aromatic rings. The van der Waals surface area contributed by atoms with Gasteiger partial charge in [-0.05, 0) is 42.2 Å². The highest BCUT2D eigenvalue weighted by atomic mass is 79.9. The summed E-state index contributed by atoms with van der Waals surface area (Å²) in [5.74, 6) is 0.0697. The third kappa shape index (κ3) is 3.16. The van der Waals surface area contributed by atoms with Crippen molar-refractivity contribution in [2.24, 2.45) is 0 Å². The Morgan fingerprint density at radius 1 is 1.05 bits per heavy atom. The maximum absolute atomic E-state index is 12.7. The number of benzene rings is 2. The van der Waals surface area contributed by atoms with Crippen LogP contribution in [0.5, 0.6) is 0 Å². The van der Waals surface area contributed by atoms with Gasteiger partial charge in [0.05, 0.1) is 5.56 Å². The van der Waals surface area contributed by atoms with E-state index in [1.54, 1.807) is 0 Å². The lowest BCUT2D eigenvalue weighted by atomic mass is 10.0. The molecule has 0 saturated heterocycles. The van der Waals surface area contributed by atoms with Gasteiger partial charge in [-0.25, -0.2) is 0 Å². The lowest BCUT2D eigenvalue weighted by Crippen LogP contribution is -2.33. The first-order valence-corrected chi connectivity index (χ1v) is 8.24. The van der Waals surface area contributed by atoms with Crippen LogP contribution in [0.15, 0.2) is 51.8 Å². The monoisotopic (exact) mass is 361 g/mol. The number of carbonyl (C=O) groups excluding carboxylic acids is 1. The molecule has 0 atom stereocenters. The number of fused-ring (bicyclic) bond motifs is 1. The van der Waals surface area contributed by atoms with E-state index >= 15 is 0 Å². The maximum Gasteiger partial charge on any atom is 0.255 e. The second-order valence-corrected chi connectivity index (χ2v) is 6.62. The van der Waals surface area contributed by atoms with Crippen LogP contribution in [0.2, 0.25) is 0 Å². The van der Waals surface area contributed by atoms with E-state index < -0.39 is 0 Å². The van der Waals surface area contributed by atoms with Gasteiger partial charge >= 0.3 is 0 Å². The predicted molar refractivity (Wildman–Crippen MR) is 91.1 cm³/mol. The number of halogens is 1. The van der Waals surface area contributed by atoms with Crippen LogP contribution in [-0.4, -0.2) is 23.9 Å². The second-order valence-electron chi connectivity index (χ2n) is 5.22. The fraction of sp³-hybridized carbons (Fsp3) is 0.235. The highest BCUT2D eigenvalue weighted by molar-refractivity contribution is 9.10. The van der Waals surface area contributed by atoms with Gasteiger partial charge in [-0.1, -0.05) is 40.2 Å². The summed E-state index contributed by atoms with van der Waals surface area (Å²) in [6, 6.07) is 14.0. The molecule has 0 N–H and O–H groups in total. The van der Waals surface area contributed by atoms with Crippen LogP contribution in [-0.2, 0) is 12.8 Å². The third-order valence-electron chi connectivity index (χ3n) is 3.90. The average molecular weight is 362 g/mol. The summed E-state index contributed by atoms with van der Waals surface area (Å²) < 4.78 is 0.937. The van der Waals surface area contributed by atoms with Gasteiger partial charge in [0.15, 0.2) is 0 Å². The minimum atomic E-state index is 0.0697. The molecule has 1 aliphatic heterocycles. The van der Waals surface area contributed by atoms with Gasteiger partial charge < -0.3 is 4.90 Å². The molecule has 0 spiro atoms. The molecule has 0 radical (unpaired) electrons. The molecule has 1 aliphatic rings. The molecule has 0 fully saturated rings. The molecule has 1 heterocycles. The summed E-state index contributed by atoms with van der Waals surface area (Å²) in [4.78, 5) is 15.3. The van der Waals surface area contributed by atoms with Crippen LogP contribution in [0.25, 0.3) is 0 Å². The zero-order chi connectivity index (χ0) is 14.8. The molecule has 3 rings (SSSR count). The van der Waals surface area contributed by atoms with E-state index in [2.05, 4.69) is 52.8 Å². The Bertz CT molecular complexity index is 659. The molecular formula is C17H16BrNOS. The van der Waals surface area contributed by atoms with Crippen molar-refractivity contribution in [2.75, 3.05) is 13.1 Å². The zero-order valence-corrected chi connectivity index (χ0v) is 14.0. The normalized spacial score (nSPS) is 14.5. The summed E-state index contributed by atoms with van der Waals surface area (Å²) in [6.45, 7) is 1.53. The Morgan fingerprint density at radius 2 is 1.67 bits per heavy atom. The van der Waals surface area contributed by atoms with Crippen molar-refractivity contribution in [3.05, 3.63) is 63.6 Å². The van der Waals surface area contributed by atoms with Crippen LogP contribution >= 0.6 is 28.6 Å². The predicted octanol–water partition coefficient (Wildman–Crippen LogP) is 3.98. The molecule has 0 aliphatic carbocycles. The summed E-state index contributed by atoms with van der Waals surface area (Å²) in [7, 11) is 0. The first kappa shape index (κ1) is 14.7. The summed E-state index contributed by atoms with van der Waals surface area (Å²) in [5.41, 5.74) is 3.39. The molecule has 0 bridgehead atoms. The Balaban J connectivity index is 1.81. The number of rotatable bonds is 1. The fourth-order valence-electron chi connectivity index (χ4n) is 2.73. The van der Waals surface area contributed by atoms with Crippen molar-refractivity contribution in [3.63, 3.8) is 0 Å². The highest BCUT2D eigenvalue weighted by Crippen LogP contribution is 2.23. The van der Waals surface area contributed by atoms with Gasteiger partial charge in [0, 0.05) is 22.5 Å². The lowest BCUT2D eigenvalue weighted by molar-refractivity contribution is 0.0759. The number of nitrogens with zero attached hydrogens (tertiary/aromatic N) is 1. The van der Waals surface area contributed by atoms with E-state index in [0.717, 1.165) is 35.3 Å². The van der Waals surface area contributed by atoms with Crippen LogP contribution in [0, 0.1) is 0 Å². The van der Waals surface area contributed by atoms with Crippen molar-refractivity contribution in [3.8, 4) is 0 Å². The van der Waals surface area contributed by atoms with Gasteiger partial charge in [0.2, 0.25) is 0 Å². The molecule has 21 heavy (non-hydrogen) atoms. The topological polar surface area (TPSA) is 20.3 Å². The van der Waals surface area contributed by atoms with Crippen LogP contribution in [0.1, 0.15) is 21.5 Å². The number of hydrogen-bond donors (Lipinski definition) is 1. The average Bonchev–Trinajstić information content (AvgIpc) is 2.69. The van der Waals surface area contributed by atoms with Crippen molar-refractivity contribution in [1.82, 2.24) is 4.90 Å². The number of carbonyl (C=O) groups is 1. The van der Waals surface area contributed by atoms with Crippen LogP contribution in [0.3, 0.4) is 0 Å². The first-order valence-electron chi connectivity index (χ1n) is 7.00. The summed E-state index contributed by atoms with van der Waals surface area (Å²) in [6.07, 6.45) is 1.83. The minimum Gasteiger partial charge on any atom is -0.338 e. The highest BCUT2D eigenvalue weighted by Gasteiger charge is 2.21. The summed E-state index contributed by atoms with van der Waals surface area (Å²) >= 11 is 7.82. The van der Waals surface area contributed by atoms with Crippen LogP contribution < -0.4 is 0 Å². The molecule has 0 aromatic heterocycles. The molecule has 0 unspecified atom stereocenters. The van der Waals surface area contributed by atoms with Gasteiger partial charge in [0.25, 0.3) is 5.91 Å². The Morgan fingerprint density at radius 3 is 2.24 bits per heavy atom. The van der Waals surface area contributed by atoms with Crippen molar-refractivity contribution in [2.45, 2.75) is 17.7 Å². The van der Waals surface area contributed by atoms with E-state index in [9.17, 15) is 4.79 Å². The first-order chi connectivity index (χ1) is 10.1. The van der Waals surface area contributed by atoms with Crippen LogP contribution in [0.4, 0.5) is 0 Å².